The molecule has 2 aromatic rings. The largest absolute Gasteiger partial charge is 0.493 e. The summed E-state index contributed by atoms with van der Waals surface area (Å²) in [6, 6.07) is 5.63. The Balaban J connectivity index is 0.00000420. The van der Waals surface area contributed by atoms with Gasteiger partial charge < -0.3 is 19.1 Å². The zero-order chi connectivity index (χ0) is 27.8. The number of Topliss-reactive ketones (excluding diaryl/α,β-unsaturated/α-hetero) is 1. The lowest BCUT2D eigenvalue weighted by atomic mass is 9.82. The van der Waals surface area contributed by atoms with Crippen molar-refractivity contribution in [2.45, 2.75) is 57.1 Å². The number of hydrogen-bond acceptors (Lipinski definition) is 7. The summed E-state index contributed by atoms with van der Waals surface area (Å²) in [5.74, 6) is 0.461. The lowest BCUT2D eigenvalue weighted by molar-refractivity contribution is 0.0962. The number of carbonyl (C=O) groups excluding carboxylic acids is 1. The smallest absolute Gasteiger partial charge is 0.197 e. The van der Waals surface area contributed by atoms with Crippen LogP contribution in [0.4, 0.5) is 4.39 Å². The van der Waals surface area contributed by atoms with E-state index in [-0.39, 0.29) is 69.1 Å². The van der Waals surface area contributed by atoms with Gasteiger partial charge in [-0.15, -0.1) is 40.5 Å². The minimum atomic E-state index is -0.613. The van der Waals surface area contributed by atoms with Crippen LogP contribution in [0.5, 0.6) is 17.2 Å². The number of halogens is 2. The minimum Gasteiger partial charge on any atom is -0.493 e. The monoisotopic (exact) mass is 640 g/mol. The Morgan fingerprint density at radius 1 is 1.15 bits per heavy atom. The van der Waals surface area contributed by atoms with Gasteiger partial charge in [0, 0.05) is 29.7 Å². The fraction of sp³-hybridized carbons (Fsp3) is 0.517. The Morgan fingerprint density at radius 2 is 1.82 bits per heavy atom. The molecule has 0 fully saturated rings. The second kappa shape index (κ2) is 12.3. The van der Waals surface area contributed by atoms with Gasteiger partial charge in [-0.2, -0.15) is 0 Å². The molecule has 1 N–H and O–H groups in total. The van der Waals surface area contributed by atoms with Crippen molar-refractivity contribution in [2.75, 3.05) is 38.9 Å². The summed E-state index contributed by atoms with van der Waals surface area (Å²) in [5.41, 5.74) is 3.17. The van der Waals surface area contributed by atoms with Crippen LogP contribution in [0.2, 0.25) is 0 Å². The molecule has 0 aliphatic carbocycles. The predicted octanol–water partition coefficient (Wildman–Crippen LogP) is 7.18. The number of rotatable bonds is 9. The van der Waals surface area contributed by atoms with Crippen LogP contribution in [-0.2, 0) is 16.0 Å². The van der Waals surface area contributed by atoms with Crippen LogP contribution in [0.1, 0.15) is 73.7 Å². The van der Waals surface area contributed by atoms with Crippen LogP contribution < -0.4 is 14.2 Å². The van der Waals surface area contributed by atoms with Crippen LogP contribution in [0.15, 0.2) is 18.2 Å². The van der Waals surface area contributed by atoms with Gasteiger partial charge in [0.2, 0.25) is 0 Å². The van der Waals surface area contributed by atoms with E-state index in [0.29, 0.717) is 30.1 Å². The number of ether oxygens (including phenoxy) is 3. The highest BCUT2D eigenvalue weighted by Crippen LogP contribution is 2.55. The summed E-state index contributed by atoms with van der Waals surface area (Å²) >= 11 is 3.55. The van der Waals surface area contributed by atoms with E-state index < -0.39 is 5.82 Å². The quantitative estimate of drug-likeness (QED) is 0.230. The molecule has 0 atom stereocenters. The SMILES string of the molecule is Br.CCOc1cc2c(c(F)c1OCC)C(=N)N(CC(=O)c1cc(C(C)(C)C)c3c(c1)C(SC)(SC)CCO3)C2. The van der Waals surface area contributed by atoms with Gasteiger partial charge in [0.1, 0.15) is 11.6 Å². The highest BCUT2D eigenvalue weighted by Gasteiger charge is 2.40. The number of fused-ring (bicyclic) bond motifs is 2. The molecule has 39 heavy (non-hydrogen) atoms. The molecule has 0 amide bonds. The first-order valence-corrected chi connectivity index (χ1v) is 15.4. The van der Waals surface area contributed by atoms with Crippen molar-refractivity contribution in [2.24, 2.45) is 0 Å². The van der Waals surface area contributed by atoms with Gasteiger partial charge in [-0.25, -0.2) is 4.39 Å². The van der Waals surface area contributed by atoms with E-state index in [1.807, 2.05) is 19.1 Å². The van der Waals surface area contributed by atoms with Crippen LogP contribution >= 0.6 is 40.5 Å². The molecule has 0 aromatic heterocycles. The van der Waals surface area contributed by atoms with E-state index >= 15 is 4.39 Å². The third-order valence-corrected chi connectivity index (χ3v) is 10.2. The molecule has 0 saturated heterocycles. The average molecular weight is 642 g/mol. The average Bonchev–Trinajstić information content (AvgIpc) is 3.19. The topological polar surface area (TPSA) is 71.9 Å². The second-order valence-corrected chi connectivity index (χ2v) is 12.9. The number of benzene rings is 2. The first kappa shape index (κ1) is 31.6. The maximum Gasteiger partial charge on any atom is 0.197 e. The number of hydrogen-bond donors (Lipinski definition) is 1. The predicted molar refractivity (Wildman–Crippen MR) is 165 cm³/mol. The fourth-order valence-electron chi connectivity index (χ4n) is 5.14. The summed E-state index contributed by atoms with van der Waals surface area (Å²) in [4.78, 5) is 15.4. The molecule has 6 nitrogen and oxygen atoms in total. The van der Waals surface area contributed by atoms with E-state index in [1.54, 1.807) is 41.4 Å². The molecule has 2 aliphatic heterocycles. The van der Waals surface area contributed by atoms with Crippen molar-refractivity contribution in [3.05, 3.63) is 51.8 Å². The molecular weight excluding hydrogens is 603 g/mol. The summed E-state index contributed by atoms with van der Waals surface area (Å²) in [7, 11) is 0. The first-order valence-electron chi connectivity index (χ1n) is 12.9. The van der Waals surface area contributed by atoms with Crippen molar-refractivity contribution < 1.29 is 23.4 Å². The zero-order valence-corrected chi connectivity index (χ0v) is 27.0. The van der Waals surface area contributed by atoms with Crippen molar-refractivity contribution in [1.29, 1.82) is 5.41 Å². The number of nitrogens with one attached hydrogen (secondary N) is 1. The number of thioether (sulfide) groups is 2. The van der Waals surface area contributed by atoms with Crippen LogP contribution in [0.3, 0.4) is 0 Å². The van der Waals surface area contributed by atoms with Gasteiger partial charge in [-0.1, -0.05) is 20.8 Å². The molecule has 0 unspecified atom stereocenters. The lowest BCUT2D eigenvalue weighted by Gasteiger charge is -2.39. The number of amidine groups is 1. The van der Waals surface area contributed by atoms with Gasteiger partial charge in [0.05, 0.1) is 36.0 Å². The normalized spacial score (nSPS) is 15.7. The number of ketones is 1. The van der Waals surface area contributed by atoms with Crippen molar-refractivity contribution in [3.8, 4) is 17.2 Å². The van der Waals surface area contributed by atoms with Crippen molar-refractivity contribution in [3.63, 3.8) is 0 Å². The molecule has 0 bridgehead atoms. The molecule has 2 aromatic carbocycles. The third-order valence-electron chi connectivity index (χ3n) is 7.07. The lowest BCUT2D eigenvalue weighted by Crippen LogP contribution is -2.32. The summed E-state index contributed by atoms with van der Waals surface area (Å²) in [6.45, 7) is 11.5. The Kier molecular flexibility index (Phi) is 9.98. The van der Waals surface area contributed by atoms with Gasteiger partial charge in [0.25, 0.3) is 0 Å². The Hall–Kier alpha value is -1.91. The minimum absolute atomic E-state index is 0. The number of nitrogens with zero attached hydrogens (tertiary/aromatic N) is 1. The van der Waals surface area contributed by atoms with Crippen LogP contribution in [0, 0.1) is 11.2 Å². The Bertz CT molecular complexity index is 1260. The summed E-state index contributed by atoms with van der Waals surface area (Å²) < 4.78 is 32.6. The van der Waals surface area contributed by atoms with E-state index in [4.69, 9.17) is 19.6 Å². The van der Waals surface area contributed by atoms with Crippen molar-refractivity contribution >= 4 is 52.1 Å². The first-order chi connectivity index (χ1) is 18.0. The molecule has 0 spiro atoms. The standard InChI is InChI=1S/C29H37FN2O4S2.BrH/c1-8-34-22-14-18-15-32(27(31)23(18)24(30)26(22)35-9-2)16-21(33)17-12-19(28(3,4)5)25-20(13-17)29(37-6,38-7)10-11-36-25;/h12-14,31H,8-11,15-16H2,1-7H3;1H. The number of carbonyl (C=O) groups is 1. The van der Waals surface area contributed by atoms with Gasteiger partial charge in [-0.05, 0) is 55.5 Å². The molecule has 2 heterocycles. The fourth-order valence-corrected chi connectivity index (χ4v) is 7.12. The third kappa shape index (κ3) is 5.79. The molecule has 0 radical (unpaired) electrons. The molecular formula is C29H38BrFN2O4S2. The molecule has 214 valence electrons. The van der Waals surface area contributed by atoms with Crippen LogP contribution in [-0.4, -0.2) is 55.4 Å². The second-order valence-electron chi connectivity index (χ2n) is 10.5. The summed E-state index contributed by atoms with van der Waals surface area (Å²) in [6.07, 6.45) is 5.04. The highest BCUT2D eigenvalue weighted by atomic mass is 79.9. The maximum absolute atomic E-state index is 15.5. The van der Waals surface area contributed by atoms with E-state index in [9.17, 15) is 4.79 Å². The molecule has 0 saturated carbocycles. The molecule has 10 heteroatoms. The maximum atomic E-state index is 15.5. The van der Waals surface area contributed by atoms with Gasteiger partial charge in [0.15, 0.2) is 23.1 Å². The van der Waals surface area contributed by atoms with Gasteiger partial charge in [-0.3, -0.25) is 10.2 Å². The van der Waals surface area contributed by atoms with Crippen LogP contribution in [0.25, 0.3) is 0 Å². The molecule has 2 aliphatic rings. The Labute approximate surface area is 250 Å². The highest BCUT2D eigenvalue weighted by molar-refractivity contribution is 8.93. The van der Waals surface area contributed by atoms with E-state index in [2.05, 4.69) is 33.3 Å². The molecule has 4 rings (SSSR count). The van der Waals surface area contributed by atoms with Crippen molar-refractivity contribution in [1.82, 2.24) is 4.90 Å². The van der Waals surface area contributed by atoms with E-state index in [1.165, 1.54) is 0 Å². The Morgan fingerprint density at radius 3 is 2.41 bits per heavy atom. The van der Waals surface area contributed by atoms with Gasteiger partial charge >= 0.3 is 0 Å². The zero-order valence-electron chi connectivity index (χ0n) is 23.7. The van der Waals surface area contributed by atoms with E-state index in [0.717, 1.165) is 23.3 Å². The summed E-state index contributed by atoms with van der Waals surface area (Å²) in [5, 5.41) is 8.71.